The number of aromatic carboxylic acids is 1. The second-order valence-electron chi connectivity index (χ2n) is 9.73. The number of esters is 1. The lowest BCUT2D eigenvalue weighted by molar-refractivity contribution is -0.345. The van der Waals surface area contributed by atoms with E-state index < -0.39 is 17.9 Å². The predicted octanol–water partition coefficient (Wildman–Crippen LogP) is 7.20. The number of hydrogen-bond donors (Lipinski definition) is 0. The molecule has 1 rings (SSSR count). The van der Waals surface area contributed by atoms with Gasteiger partial charge in [0.2, 0.25) is 0 Å². The Hall–Kier alpha value is -1.92. The highest BCUT2D eigenvalue weighted by atomic mass is 16.9. The highest BCUT2D eigenvalue weighted by Gasteiger charge is 2.32. The summed E-state index contributed by atoms with van der Waals surface area (Å²) in [7, 11) is 0. The van der Waals surface area contributed by atoms with Crippen molar-refractivity contribution in [3.8, 4) is 0 Å². The zero-order chi connectivity index (χ0) is 26.5. The van der Waals surface area contributed by atoms with Crippen molar-refractivity contribution in [3.63, 3.8) is 0 Å². The van der Waals surface area contributed by atoms with Crippen LogP contribution >= 0.6 is 0 Å². The summed E-state index contributed by atoms with van der Waals surface area (Å²) in [5.74, 6) is -3.80. The van der Waals surface area contributed by atoms with Gasteiger partial charge < -0.3 is 24.1 Å². The second kappa shape index (κ2) is 20.2. The van der Waals surface area contributed by atoms with Crippen molar-refractivity contribution in [3.05, 3.63) is 35.4 Å². The topological polar surface area (TPSA) is 84.9 Å². The van der Waals surface area contributed by atoms with Crippen LogP contribution in [0.15, 0.2) is 24.3 Å². The van der Waals surface area contributed by atoms with Gasteiger partial charge in [0.25, 0.3) is 0 Å². The van der Waals surface area contributed by atoms with E-state index in [1.807, 2.05) is 0 Å². The third kappa shape index (κ3) is 14.6. The van der Waals surface area contributed by atoms with Gasteiger partial charge in [-0.25, -0.2) is 4.79 Å². The van der Waals surface area contributed by atoms with Crippen LogP contribution in [0, 0.1) is 0 Å². The first-order valence-electron chi connectivity index (χ1n) is 14.2. The van der Waals surface area contributed by atoms with E-state index in [0.717, 1.165) is 38.5 Å². The molecule has 0 heterocycles. The van der Waals surface area contributed by atoms with Gasteiger partial charge in [-0.15, -0.1) is 0 Å². The molecule has 0 aromatic heterocycles. The van der Waals surface area contributed by atoms with E-state index in [0.29, 0.717) is 13.2 Å². The molecule has 0 radical (unpaired) electrons. The maximum atomic E-state index is 12.8. The first kappa shape index (κ1) is 32.1. The molecule has 6 heteroatoms. The van der Waals surface area contributed by atoms with Crippen LogP contribution in [0.3, 0.4) is 0 Å². The molecule has 1 aromatic carbocycles. The number of benzene rings is 1. The zero-order valence-corrected chi connectivity index (χ0v) is 23.0. The molecule has 0 unspecified atom stereocenters. The van der Waals surface area contributed by atoms with Gasteiger partial charge in [-0.3, -0.25) is 0 Å². The molecule has 6 nitrogen and oxygen atoms in total. The molecule has 0 fully saturated rings. The minimum absolute atomic E-state index is 0.0740. The van der Waals surface area contributed by atoms with Gasteiger partial charge in [-0.1, -0.05) is 122 Å². The molecule has 0 N–H and O–H groups in total. The van der Waals surface area contributed by atoms with Gasteiger partial charge in [0.05, 0.1) is 24.7 Å². The van der Waals surface area contributed by atoms with E-state index in [-0.39, 0.29) is 11.1 Å². The predicted molar refractivity (Wildman–Crippen MR) is 142 cm³/mol. The van der Waals surface area contributed by atoms with Crippen molar-refractivity contribution in [2.24, 2.45) is 0 Å². The van der Waals surface area contributed by atoms with Crippen LogP contribution in [0.25, 0.3) is 0 Å². The Kier molecular flexibility index (Phi) is 18.0. The quantitative estimate of drug-likeness (QED) is 0.0888. The summed E-state index contributed by atoms with van der Waals surface area (Å²) in [5.41, 5.74) is -0.286. The van der Waals surface area contributed by atoms with Crippen LogP contribution in [0.2, 0.25) is 0 Å². The van der Waals surface area contributed by atoms with Crippen molar-refractivity contribution in [1.82, 2.24) is 0 Å². The number of carboxylic acid groups (broad SMARTS) is 1. The van der Waals surface area contributed by atoms with Gasteiger partial charge >= 0.3 is 11.9 Å². The van der Waals surface area contributed by atoms with E-state index in [1.165, 1.54) is 76.3 Å². The highest BCUT2D eigenvalue weighted by molar-refractivity contribution is 6.01. The lowest BCUT2D eigenvalue weighted by atomic mass is 10.1. The minimum Gasteiger partial charge on any atom is -0.545 e. The number of carboxylic acids is 1. The molecule has 0 bridgehead atoms. The fourth-order valence-corrected chi connectivity index (χ4v) is 4.15. The summed E-state index contributed by atoms with van der Waals surface area (Å²) in [5, 5.41) is 11.4. The fourth-order valence-electron chi connectivity index (χ4n) is 4.15. The highest BCUT2D eigenvalue weighted by Crippen LogP contribution is 2.21. The molecule has 0 aliphatic heterocycles. The number of carbonyl (C=O) groups excluding carboxylic acids is 2. The number of carbonyl (C=O) groups is 2. The fraction of sp³-hybridized carbons (Fsp3) is 0.733. The van der Waals surface area contributed by atoms with Gasteiger partial charge in [-0.05, 0) is 18.9 Å². The zero-order valence-electron chi connectivity index (χ0n) is 23.0. The van der Waals surface area contributed by atoms with Crippen molar-refractivity contribution < 1.29 is 28.9 Å². The standard InChI is InChI=1S/C30H50O6/c1-4-6-8-10-12-14-16-20-24-34-30(3,35-25-21-17-15-13-11-9-7-5-2)36-29(33)27-23-19-18-22-26(27)28(31)32/h18-19,22-23H,4-17,20-21,24-25H2,1-3H3,(H,31,32)/p-1. The molecule has 0 atom stereocenters. The largest absolute Gasteiger partial charge is 0.545 e. The summed E-state index contributed by atoms with van der Waals surface area (Å²) in [6, 6.07) is 5.86. The Morgan fingerprint density at radius 1 is 0.667 bits per heavy atom. The van der Waals surface area contributed by atoms with Crippen molar-refractivity contribution in [2.75, 3.05) is 13.2 Å². The van der Waals surface area contributed by atoms with Crippen LogP contribution in [0.5, 0.6) is 0 Å². The summed E-state index contributed by atoms with van der Waals surface area (Å²) in [6.07, 6.45) is 18.7. The number of rotatable bonds is 23. The minimum atomic E-state index is -1.57. The Balaban J connectivity index is 2.55. The van der Waals surface area contributed by atoms with E-state index in [2.05, 4.69) is 13.8 Å². The van der Waals surface area contributed by atoms with E-state index in [9.17, 15) is 14.7 Å². The molecule has 36 heavy (non-hydrogen) atoms. The van der Waals surface area contributed by atoms with Crippen molar-refractivity contribution in [1.29, 1.82) is 0 Å². The van der Waals surface area contributed by atoms with Crippen LogP contribution in [0.1, 0.15) is 144 Å². The number of unbranched alkanes of at least 4 members (excludes halogenated alkanes) is 14. The summed E-state index contributed by atoms with van der Waals surface area (Å²) in [6.45, 7) is 6.82. The van der Waals surface area contributed by atoms with Gasteiger partial charge in [0.15, 0.2) is 0 Å². The average molecular weight is 506 g/mol. The first-order valence-corrected chi connectivity index (χ1v) is 14.2. The van der Waals surface area contributed by atoms with Crippen LogP contribution < -0.4 is 5.11 Å². The number of hydrogen-bond acceptors (Lipinski definition) is 6. The van der Waals surface area contributed by atoms with E-state index in [4.69, 9.17) is 14.2 Å². The van der Waals surface area contributed by atoms with Gasteiger partial charge in [0, 0.05) is 12.5 Å². The smallest absolute Gasteiger partial charge is 0.343 e. The van der Waals surface area contributed by atoms with E-state index in [1.54, 1.807) is 19.1 Å². The normalized spacial score (nSPS) is 11.5. The van der Waals surface area contributed by atoms with Gasteiger partial charge in [0.1, 0.15) is 0 Å². The Morgan fingerprint density at radius 2 is 1.06 bits per heavy atom. The van der Waals surface area contributed by atoms with E-state index >= 15 is 0 Å². The molecular weight excluding hydrogens is 456 g/mol. The summed E-state index contributed by atoms with van der Waals surface area (Å²) in [4.78, 5) is 24.3. The van der Waals surface area contributed by atoms with Crippen LogP contribution in [-0.4, -0.2) is 31.1 Å². The summed E-state index contributed by atoms with van der Waals surface area (Å²) < 4.78 is 17.4. The average Bonchev–Trinajstić information content (AvgIpc) is 2.86. The molecule has 0 saturated carbocycles. The van der Waals surface area contributed by atoms with Crippen molar-refractivity contribution in [2.45, 2.75) is 129 Å². The van der Waals surface area contributed by atoms with Crippen molar-refractivity contribution >= 4 is 11.9 Å². The second-order valence-corrected chi connectivity index (χ2v) is 9.73. The molecule has 0 spiro atoms. The molecule has 0 aliphatic rings. The van der Waals surface area contributed by atoms with Crippen LogP contribution in [0.4, 0.5) is 0 Å². The summed E-state index contributed by atoms with van der Waals surface area (Å²) >= 11 is 0. The number of ether oxygens (including phenoxy) is 3. The molecule has 0 saturated heterocycles. The molecule has 1 aromatic rings. The molecule has 0 aliphatic carbocycles. The monoisotopic (exact) mass is 505 g/mol. The Labute approximate surface area is 219 Å². The molecule has 206 valence electrons. The van der Waals surface area contributed by atoms with Crippen LogP contribution in [-0.2, 0) is 14.2 Å². The first-order chi connectivity index (χ1) is 17.4. The Morgan fingerprint density at radius 3 is 1.47 bits per heavy atom. The third-order valence-electron chi connectivity index (χ3n) is 6.37. The molecular formula is C30H49O6-. The lowest BCUT2D eigenvalue weighted by Crippen LogP contribution is -2.39. The SMILES string of the molecule is CCCCCCCCCCOC(C)(OCCCCCCCCCC)OC(=O)c1ccccc1C(=O)[O-]. The lowest BCUT2D eigenvalue weighted by Gasteiger charge is -2.29. The molecule has 0 amide bonds. The Bertz CT molecular complexity index is 695. The maximum absolute atomic E-state index is 12.8. The maximum Gasteiger partial charge on any atom is 0.343 e. The van der Waals surface area contributed by atoms with Gasteiger partial charge in [-0.2, -0.15) is 0 Å². The third-order valence-corrected chi connectivity index (χ3v) is 6.37.